The van der Waals surface area contributed by atoms with Crippen molar-refractivity contribution in [3.05, 3.63) is 29.8 Å². The topological polar surface area (TPSA) is 114 Å². The number of rotatable bonds is 6. The molecule has 1 fully saturated rings. The van der Waals surface area contributed by atoms with Crippen molar-refractivity contribution in [3.63, 3.8) is 0 Å². The molecule has 0 N–H and O–H groups in total. The highest BCUT2D eigenvalue weighted by molar-refractivity contribution is 7.86. The smallest absolute Gasteiger partial charge is 0.455 e. The first-order chi connectivity index (χ1) is 12.6. The Morgan fingerprint density at radius 1 is 1.19 bits per heavy atom. The van der Waals surface area contributed by atoms with Crippen LogP contribution in [0.25, 0.3) is 0 Å². The van der Waals surface area contributed by atoms with Gasteiger partial charge in [0.05, 0.1) is 12.0 Å². The molecule has 1 aliphatic heterocycles. The van der Waals surface area contributed by atoms with E-state index in [4.69, 9.17) is 30.0 Å². The van der Waals surface area contributed by atoms with Crippen LogP contribution in [0.4, 0.5) is 4.79 Å². The lowest BCUT2D eigenvalue weighted by atomic mass is 10.1. The third-order valence-corrected chi connectivity index (χ3v) is 5.31. The molecule has 1 aromatic carbocycles. The van der Waals surface area contributed by atoms with Gasteiger partial charge in [-0.15, -0.1) is 0 Å². The first-order valence-electron chi connectivity index (χ1n) is 7.81. The molecule has 150 valence electrons. The van der Waals surface area contributed by atoms with E-state index in [2.05, 4.69) is 4.74 Å². The van der Waals surface area contributed by atoms with Gasteiger partial charge in [0.15, 0.2) is 11.7 Å². The van der Waals surface area contributed by atoms with E-state index >= 15 is 0 Å². The number of carbonyl (C=O) groups is 2. The van der Waals surface area contributed by atoms with Crippen LogP contribution in [-0.4, -0.2) is 58.1 Å². The van der Waals surface area contributed by atoms with Gasteiger partial charge in [-0.2, -0.15) is 8.42 Å². The van der Waals surface area contributed by atoms with Gasteiger partial charge >= 0.3 is 12.1 Å². The van der Waals surface area contributed by atoms with Crippen LogP contribution in [0.2, 0.25) is 0 Å². The molecule has 1 heterocycles. The molecular weight excluding hydrogens is 404 g/mol. The summed E-state index contributed by atoms with van der Waals surface area (Å²) in [5.74, 6) is -0.704. The summed E-state index contributed by atoms with van der Waals surface area (Å²) in [7, 11) is -3.12. The lowest BCUT2D eigenvalue weighted by Gasteiger charge is -2.22. The van der Waals surface area contributed by atoms with E-state index in [1.807, 2.05) is 0 Å². The highest BCUT2D eigenvalue weighted by Gasteiger charge is 2.50. The molecule has 1 saturated heterocycles. The number of hydrogen-bond acceptors (Lipinski definition) is 9. The van der Waals surface area contributed by atoms with Crippen LogP contribution in [0.5, 0.6) is 0 Å². The molecule has 27 heavy (non-hydrogen) atoms. The predicted molar refractivity (Wildman–Crippen MR) is 91.7 cm³/mol. The molecule has 4 atom stereocenters. The predicted octanol–water partition coefficient (Wildman–Crippen LogP) is 1.75. The minimum atomic E-state index is -4.23. The zero-order valence-corrected chi connectivity index (χ0v) is 16.4. The Balaban J connectivity index is 2.25. The van der Waals surface area contributed by atoms with Gasteiger partial charge in [-0.25, -0.2) is 4.79 Å². The summed E-state index contributed by atoms with van der Waals surface area (Å²) in [6, 6.07) is 5.96. The van der Waals surface area contributed by atoms with Crippen molar-refractivity contribution in [2.45, 2.75) is 42.6 Å². The second-order valence-electron chi connectivity index (χ2n) is 5.69. The Morgan fingerprint density at radius 2 is 1.81 bits per heavy atom. The van der Waals surface area contributed by atoms with Crippen molar-refractivity contribution in [2.75, 3.05) is 13.7 Å². The fraction of sp³-hybridized carbons (Fsp3) is 0.500. The summed E-state index contributed by atoms with van der Waals surface area (Å²) in [5.41, 5.74) is -0.334. The monoisotopic (exact) mass is 422 g/mol. The van der Waals surface area contributed by atoms with Crippen molar-refractivity contribution in [3.8, 4) is 0 Å². The average molecular weight is 423 g/mol. The Morgan fingerprint density at radius 3 is 2.37 bits per heavy atom. The Labute approximate surface area is 161 Å². The number of hydrogen-bond donors (Lipinski definition) is 0. The number of aryl methyl sites for hydroxylation is 1. The van der Waals surface area contributed by atoms with Gasteiger partial charge in [0, 0.05) is 6.92 Å². The van der Waals surface area contributed by atoms with E-state index in [9.17, 15) is 18.0 Å². The normalized spacial score (nSPS) is 25.0. The Hall–Kier alpha value is -1.88. The van der Waals surface area contributed by atoms with E-state index in [1.54, 1.807) is 19.1 Å². The van der Waals surface area contributed by atoms with Crippen LogP contribution in [-0.2, 0) is 38.0 Å². The van der Waals surface area contributed by atoms with Gasteiger partial charge in [0.2, 0.25) is 0 Å². The first kappa shape index (κ1) is 21.4. The molecule has 0 aliphatic carbocycles. The van der Waals surface area contributed by atoms with Crippen LogP contribution in [0, 0.1) is 6.92 Å². The van der Waals surface area contributed by atoms with Crippen molar-refractivity contribution in [2.24, 2.45) is 0 Å². The number of alkyl halides is 1. The fourth-order valence-electron chi connectivity index (χ4n) is 2.36. The van der Waals surface area contributed by atoms with E-state index in [0.29, 0.717) is 0 Å². The van der Waals surface area contributed by atoms with E-state index < -0.39 is 52.7 Å². The highest BCUT2D eigenvalue weighted by Crippen LogP contribution is 2.32. The summed E-state index contributed by atoms with van der Waals surface area (Å²) in [6.07, 6.45) is -4.65. The molecule has 11 heteroatoms. The number of ether oxygens (including phenoxy) is 4. The number of benzene rings is 1. The highest BCUT2D eigenvalue weighted by atomic mass is 35.5. The van der Waals surface area contributed by atoms with Gasteiger partial charge in [0.1, 0.15) is 18.8 Å². The van der Waals surface area contributed by atoms with Crippen LogP contribution in [0.1, 0.15) is 12.5 Å². The Bertz CT molecular complexity index is 778. The maximum atomic E-state index is 12.6. The minimum Gasteiger partial charge on any atom is -0.455 e. The molecule has 2 rings (SSSR count). The third kappa shape index (κ3) is 5.55. The van der Waals surface area contributed by atoms with Crippen molar-refractivity contribution >= 4 is 33.8 Å². The molecule has 9 nitrogen and oxygen atoms in total. The minimum absolute atomic E-state index is 0.0969. The standard InChI is InChI=1S/C16H19ClO9S/c1-9-4-6-11(7-5-9)27(20,21)26-13-12(8-23-16(19)22-3)25-15(17)14(13)24-10(2)18/h4-7,12-15H,8H2,1-3H3/t12-,13+,14-,15?/m1/s1. The van der Waals surface area contributed by atoms with Gasteiger partial charge in [-0.3, -0.25) is 8.98 Å². The molecule has 1 aliphatic rings. The van der Waals surface area contributed by atoms with E-state index in [1.165, 1.54) is 12.1 Å². The van der Waals surface area contributed by atoms with Crippen LogP contribution in [0.15, 0.2) is 29.2 Å². The quantitative estimate of drug-likeness (QED) is 0.384. The first-order valence-corrected chi connectivity index (χ1v) is 9.66. The molecule has 0 spiro atoms. The Kier molecular flexibility index (Phi) is 7.04. The number of halogens is 1. The van der Waals surface area contributed by atoms with Crippen molar-refractivity contribution in [1.29, 1.82) is 0 Å². The maximum absolute atomic E-state index is 12.6. The SMILES string of the molecule is COC(=O)OC[C@H]1OC(Cl)[C@H](OC(C)=O)[C@H]1OS(=O)(=O)c1ccc(C)cc1. The third-order valence-electron chi connectivity index (χ3n) is 3.63. The molecular formula is C16H19ClO9S. The second-order valence-corrected chi connectivity index (χ2v) is 7.70. The van der Waals surface area contributed by atoms with Gasteiger partial charge in [0.25, 0.3) is 10.1 Å². The molecule has 0 bridgehead atoms. The lowest BCUT2D eigenvalue weighted by molar-refractivity contribution is -0.150. The summed E-state index contributed by atoms with van der Waals surface area (Å²) in [6.45, 7) is 2.52. The average Bonchev–Trinajstić information content (AvgIpc) is 2.87. The zero-order valence-electron chi connectivity index (χ0n) is 14.8. The molecule has 1 aromatic rings. The van der Waals surface area contributed by atoms with Crippen LogP contribution >= 0.6 is 11.6 Å². The summed E-state index contributed by atoms with van der Waals surface area (Å²) < 4.78 is 49.9. The number of esters is 1. The molecule has 0 aromatic heterocycles. The zero-order chi connectivity index (χ0) is 20.2. The second kappa shape index (κ2) is 8.87. The summed E-state index contributed by atoms with van der Waals surface area (Å²) in [4.78, 5) is 22.4. The maximum Gasteiger partial charge on any atom is 0.508 e. The molecule has 0 radical (unpaired) electrons. The molecule has 0 saturated carbocycles. The largest absolute Gasteiger partial charge is 0.508 e. The molecule has 1 unspecified atom stereocenters. The molecule has 0 amide bonds. The van der Waals surface area contributed by atoms with E-state index in [-0.39, 0.29) is 4.90 Å². The lowest BCUT2D eigenvalue weighted by Crippen LogP contribution is -2.41. The summed E-state index contributed by atoms with van der Waals surface area (Å²) >= 11 is 6.01. The van der Waals surface area contributed by atoms with E-state index in [0.717, 1.165) is 19.6 Å². The van der Waals surface area contributed by atoms with Gasteiger partial charge in [-0.05, 0) is 19.1 Å². The number of carbonyl (C=O) groups excluding carboxylic acids is 2. The van der Waals surface area contributed by atoms with Crippen LogP contribution in [0.3, 0.4) is 0 Å². The van der Waals surface area contributed by atoms with Crippen molar-refractivity contribution in [1.82, 2.24) is 0 Å². The van der Waals surface area contributed by atoms with Crippen LogP contribution < -0.4 is 0 Å². The summed E-state index contributed by atoms with van der Waals surface area (Å²) in [5, 5.41) is 0. The fourth-order valence-corrected chi connectivity index (χ4v) is 3.79. The van der Waals surface area contributed by atoms with Gasteiger partial charge in [-0.1, -0.05) is 29.3 Å². The number of methoxy groups -OCH3 is 1. The van der Waals surface area contributed by atoms with Crippen molar-refractivity contribution < 1.29 is 41.1 Å². The van der Waals surface area contributed by atoms with Gasteiger partial charge < -0.3 is 18.9 Å².